The van der Waals surface area contributed by atoms with Gasteiger partial charge in [0.15, 0.2) is 0 Å². The third kappa shape index (κ3) is 3.55. The number of anilines is 1. The highest BCUT2D eigenvalue weighted by molar-refractivity contribution is 7.07. The molecule has 0 bridgehead atoms. The average molecular weight is 291 g/mol. The third-order valence-corrected chi connectivity index (χ3v) is 3.26. The Morgan fingerprint density at radius 1 is 1.45 bits per heavy atom. The smallest absolute Gasteiger partial charge is 0.275 e. The molecule has 0 saturated carbocycles. The second-order valence-electron chi connectivity index (χ2n) is 4.60. The van der Waals surface area contributed by atoms with Gasteiger partial charge in [-0.05, 0) is 31.8 Å². The molecule has 1 amide bonds. The van der Waals surface area contributed by atoms with E-state index in [-0.39, 0.29) is 5.91 Å². The van der Waals surface area contributed by atoms with Crippen molar-refractivity contribution < 1.29 is 9.53 Å². The molecule has 1 heterocycles. The van der Waals surface area contributed by atoms with E-state index < -0.39 is 0 Å². The van der Waals surface area contributed by atoms with Crippen LogP contribution in [0.5, 0.6) is 5.75 Å². The van der Waals surface area contributed by atoms with Crippen LogP contribution in [0.2, 0.25) is 0 Å². The van der Waals surface area contributed by atoms with Gasteiger partial charge in [0, 0.05) is 11.9 Å². The Bertz CT molecular complexity index is 582. The number of aromatic nitrogens is 1. The van der Waals surface area contributed by atoms with E-state index in [1.54, 1.807) is 18.0 Å². The van der Waals surface area contributed by atoms with Gasteiger partial charge in [-0.2, -0.15) is 0 Å². The molecule has 0 radical (unpaired) electrons. The van der Waals surface area contributed by atoms with Crippen LogP contribution in [0, 0.1) is 0 Å². The first-order valence-electron chi connectivity index (χ1n) is 6.11. The van der Waals surface area contributed by atoms with Crippen molar-refractivity contribution in [3.05, 3.63) is 40.3 Å². The van der Waals surface area contributed by atoms with E-state index in [4.69, 9.17) is 4.74 Å². The largest absolute Gasteiger partial charge is 0.495 e. The van der Waals surface area contributed by atoms with Gasteiger partial charge in [0.1, 0.15) is 11.4 Å². The molecule has 1 aromatic carbocycles. The van der Waals surface area contributed by atoms with Crippen molar-refractivity contribution in [1.29, 1.82) is 0 Å². The lowest BCUT2D eigenvalue weighted by Crippen LogP contribution is -2.14. The normalized spacial score (nSPS) is 10.6. The van der Waals surface area contributed by atoms with Crippen molar-refractivity contribution in [1.82, 2.24) is 9.88 Å². The lowest BCUT2D eigenvalue weighted by molar-refractivity contribution is 0.102. The Kier molecular flexibility index (Phi) is 4.70. The summed E-state index contributed by atoms with van der Waals surface area (Å²) in [5.74, 6) is 0.405. The van der Waals surface area contributed by atoms with Crippen LogP contribution in [-0.4, -0.2) is 37.0 Å². The molecule has 106 valence electrons. The molecule has 20 heavy (non-hydrogen) atoms. The van der Waals surface area contributed by atoms with Gasteiger partial charge in [0.25, 0.3) is 5.91 Å². The van der Waals surface area contributed by atoms with Gasteiger partial charge >= 0.3 is 0 Å². The first-order valence-corrected chi connectivity index (χ1v) is 7.05. The maximum Gasteiger partial charge on any atom is 0.275 e. The molecule has 1 aromatic heterocycles. The lowest BCUT2D eigenvalue weighted by atomic mass is 10.1. The molecule has 5 nitrogen and oxygen atoms in total. The van der Waals surface area contributed by atoms with Crippen LogP contribution >= 0.6 is 11.3 Å². The molecule has 0 fully saturated rings. The van der Waals surface area contributed by atoms with Crippen LogP contribution in [0.15, 0.2) is 29.1 Å². The summed E-state index contributed by atoms with van der Waals surface area (Å²) in [5.41, 5.74) is 3.80. The van der Waals surface area contributed by atoms with Crippen LogP contribution in [0.1, 0.15) is 16.1 Å². The van der Waals surface area contributed by atoms with Crippen molar-refractivity contribution in [2.75, 3.05) is 26.5 Å². The molecule has 0 saturated heterocycles. The number of ether oxygens (including phenoxy) is 1. The van der Waals surface area contributed by atoms with Crippen LogP contribution in [0.4, 0.5) is 5.69 Å². The fourth-order valence-corrected chi connectivity index (χ4v) is 2.36. The van der Waals surface area contributed by atoms with Gasteiger partial charge in [-0.15, -0.1) is 11.3 Å². The number of nitrogens with one attached hydrogen (secondary N) is 1. The Balaban J connectivity index is 2.22. The predicted molar refractivity (Wildman–Crippen MR) is 80.5 cm³/mol. The molecular formula is C14H17N3O2S. The summed E-state index contributed by atoms with van der Waals surface area (Å²) >= 11 is 1.39. The number of methoxy groups -OCH3 is 1. The molecule has 0 aliphatic heterocycles. The Hall–Kier alpha value is -1.92. The molecule has 0 aliphatic rings. The zero-order valence-corrected chi connectivity index (χ0v) is 12.5. The number of carbonyl (C=O) groups excluding carboxylic acids is 1. The maximum atomic E-state index is 12.0. The van der Waals surface area contributed by atoms with Crippen molar-refractivity contribution >= 4 is 22.9 Å². The zero-order chi connectivity index (χ0) is 14.5. The summed E-state index contributed by atoms with van der Waals surface area (Å²) < 4.78 is 5.28. The first-order chi connectivity index (χ1) is 9.60. The van der Waals surface area contributed by atoms with Crippen LogP contribution in [0.25, 0.3) is 0 Å². The number of rotatable bonds is 5. The monoisotopic (exact) mass is 291 g/mol. The minimum Gasteiger partial charge on any atom is -0.495 e. The summed E-state index contributed by atoms with van der Waals surface area (Å²) in [6.07, 6.45) is 0. The highest BCUT2D eigenvalue weighted by atomic mass is 32.1. The maximum absolute atomic E-state index is 12.0. The topological polar surface area (TPSA) is 54.5 Å². The van der Waals surface area contributed by atoms with E-state index in [2.05, 4.69) is 15.2 Å². The second-order valence-corrected chi connectivity index (χ2v) is 5.32. The molecule has 1 N–H and O–H groups in total. The first kappa shape index (κ1) is 14.5. The summed E-state index contributed by atoms with van der Waals surface area (Å²) in [6.45, 7) is 0.795. The average Bonchev–Trinajstić information content (AvgIpc) is 2.92. The number of amides is 1. The van der Waals surface area contributed by atoms with E-state index in [9.17, 15) is 4.79 Å². The molecule has 2 rings (SSSR count). The molecule has 6 heteroatoms. The summed E-state index contributed by atoms with van der Waals surface area (Å²) in [4.78, 5) is 18.1. The van der Waals surface area contributed by atoms with Crippen molar-refractivity contribution in [2.45, 2.75) is 6.54 Å². The molecule has 0 spiro atoms. The van der Waals surface area contributed by atoms with Gasteiger partial charge in [-0.25, -0.2) is 4.98 Å². The lowest BCUT2D eigenvalue weighted by Gasteiger charge is -2.14. The fraction of sp³-hybridized carbons (Fsp3) is 0.286. The zero-order valence-electron chi connectivity index (χ0n) is 11.7. The minimum atomic E-state index is -0.230. The highest BCUT2D eigenvalue weighted by Gasteiger charge is 2.12. The number of hydrogen-bond donors (Lipinski definition) is 1. The van der Waals surface area contributed by atoms with E-state index >= 15 is 0 Å². The molecule has 2 aromatic rings. The number of benzene rings is 1. The van der Waals surface area contributed by atoms with E-state index in [0.717, 1.165) is 12.1 Å². The Morgan fingerprint density at radius 2 is 2.25 bits per heavy atom. The molecular weight excluding hydrogens is 274 g/mol. The Morgan fingerprint density at radius 3 is 2.85 bits per heavy atom. The summed E-state index contributed by atoms with van der Waals surface area (Å²) in [6, 6.07) is 5.76. The van der Waals surface area contributed by atoms with Crippen molar-refractivity contribution in [2.24, 2.45) is 0 Å². The third-order valence-electron chi connectivity index (χ3n) is 2.68. The van der Waals surface area contributed by atoms with Crippen LogP contribution in [0.3, 0.4) is 0 Å². The Labute approximate surface area is 122 Å². The van der Waals surface area contributed by atoms with E-state index in [1.165, 1.54) is 11.3 Å². The number of carbonyl (C=O) groups is 1. The number of hydrogen-bond acceptors (Lipinski definition) is 5. The minimum absolute atomic E-state index is 0.230. The SMILES string of the molecule is COc1ccc(CN(C)C)cc1NC(=O)c1cscn1. The van der Waals surface area contributed by atoms with E-state index in [0.29, 0.717) is 17.1 Å². The predicted octanol–water partition coefficient (Wildman–Crippen LogP) is 2.47. The summed E-state index contributed by atoms with van der Waals surface area (Å²) in [7, 11) is 5.58. The van der Waals surface area contributed by atoms with Gasteiger partial charge in [0.2, 0.25) is 0 Å². The van der Waals surface area contributed by atoms with E-state index in [1.807, 2.05) is 32.3 Å². The number of thiazole rings is 1. The van der Waals surface area contributed by atoms with Crippen molar-refractivity contribution in [3.63, 3.8) is 0 Å². The number of nitrogens with zero attached hydrogens (tertiary/aromatic N) is 2. The van der Waals surface area contributed by atoms with Gasteiger partial charge in [-0.1, -0.05) is 6.07 Å². The van der Waals surface area contributed by atoms with Gasteiger partial charge in [0.05, 0.1) is 18.3 Å². The van der Waals surface area contributed by atoms with Crippen molar-refractivity contribution in [3.8, 4) is 5.75 Å². The van der Waals surface area contributed by atoms with Gasteiger partial charge in [-0.3, -0.25) is 4.79 Å². The highest BCUT2D eigenvalue weighted by Crippen LogP contribution is 2.26. The van der Waals surface area contributed by atoms with Crippen LogP contribution in [-0.2, 0) is 6.54 Å². The molecule has 0 atom stereocenters. The summed E-state index contributed by atoms with van der Waals surface area (Å²) in [5, 5.41) is 4.55. The molecule has 0 aliphatic carbocycles. The van der Waals surface area contributed by atoms with Crippen LogP contribution < -0.4 is 10.1 Å². The van der Waals surface area contributed by atoms with Gasteiger partial charge < -0.3 is 15.0 Å². The second kappa shape index (κ2) is 6.49. The standard InChI is InChI=1S/C14H17N3O2S/c1-17(2)7-10-4-5-13(19-3)11(6-10)16-14(18)12-8-20-9-15-12/h4-6,8-9H,7H2,1-3H3,(H,16,18). The quantitative estimate of drug-likeness (QED) is 0.919. The molecule has 0 unspecified atom stereocenters. The fourth-order valence-electron chi connectivity index (χ4n) is 1.83.